The van der Waals surface area contributed by atoms with Crippen molar-refractivity contribution >= 4 is 38.4 Å². The Bertz CT molecular complexity index is 1080. The number of nitrogens with one attached hydrogen (secondary N) is 2. The molecule has 8 heteroatoms. The van der Waals surface area contributed by atoms with Crippen LogP contribution in [0, 0.1) is 5.82 Å². The molecular formula is C23H25BrFN5O. The van der Waals surface area contributed by atoms with Gasteiger partial charge in [0.15, 0.2) is 5.69 Å². The first-order chi connectivity index (χ1) is 14.9. The van der Waals surface area contributed by atoms with Crippen LogP contribution in [0.3, 0.4) is 0 Å². The molecule has 1 aromatic carbocycles. The monoisotopic (exact) mass is 485 g/mol. The molecular weight excluding hydrogens is 461 g/mol. The zero-order valence-corrected chi connectivity index (χ0v) is 18.8. The van der Waals surface area contributed by atoms with Gasteiger partial charge in [-0.2, -0.15) is 0 Å². The normalized spacial score (nSPS) is 19.7. The van der Waals surface area contributed by atoms with Crippen molar-refractivity contribution in [2.24, 2.45) is 5.73 Å². The van der Waals surface area contributed by atoms with Gasteiger partial charge in [-0.25, -0.2) is 9.37 Å². The van der Waals surface area contributed by atoms with E-state index in [1.165, 1.54) is 12.1 Å². The molecule has 0 bridgehead atoms. The Morgan fingerprint density at radius 2 is 1.90 bits per heavy atom. The molecule has 0 saturated heterocycles. The second-order valence-electron chi connectivity index (χ2n) is 8.03. The van der Waals surface area contributed by atoms with Gasteiger partial charge in [0.05, 0.1) is 17.2 Å². The summed E-state index contributed by atoms with van der Waals surface area (Å²) in [6, 6.07) is 9.98. The first kappa shape index (κ1) is 21.6. The molecule has 31 heavy (non-hydrogen) atoms. The van der Waals surface area contributed by atoms with E-state index in [2.05, 4.69) is 36.5 Å². The lowest BCUT2D eigenvalue weighted by atomic mass is 9.91. The average Bonchev–Trinajstić information content (AvgIpc) is 2.77. The van der Waals surface area contributed by atoms with E-state index in [4.69, 9.17) is 5.73 Å². The number of amides is 1. The molecule has 2 aromatic heterocycles. The molecule has 2 heterocycles. The van der Waals surface area contributed by atoms with Crippen molar-refractivity contribution in [3.63, 3.8) is 0 Å². The van der Waals surface area contributed by atoms with Gasteiger partial charge in [0.2, 0.25) is 0 Å². The molecule has 0 unspecified atom stereocenters. The fraction of sp³-hybridized carbons (Fsp3) is 0.348. The quantitative estimate of drug-likeness (QED) is 0.455. The second kappa shape index (κ2) is 9.28. The zero-order chi connectivity index (χ0) is 22.0. The van der Waals surface area contributed by atoms with Crippen LogP contribution < -0.4 is 16.4 Å². The maximum Gasteiger partial charge on any atom is 0.272 e. The lowest BCUT2D eigenvalue weighted by molar-refractivity contribution is 0.0935. The summed E-state index contributed by atoms with van der Waals surface area (Å²) in [4.78, 5) is 22.3. The van der Waals surface area contributed by atoms with Gasteiger partial charge in [-0.15, -0.1) is 0 Å². The van der Waals surface area contributed by atoms with Gasteiger partial charge in [0.25, 0.3) is 5.91 Å². The third-order valence-electron chi connectivity index (χ3n) is 5.77. The van der Waals surface area contributed by atoms with Gasteiger partial charge in [-0.05, 0) is 78.4 Å². The van der Waals surface area contributed by atoms with Crippen LogP contribution in [-0.2, 0) is 0 Å². The number of benzene rings is 1. The molecule has 3 aromatic rings. The predicted molar refractivity (Wildman–Crippen MR) is 123 cm³/mol. The summed E-state index contributed by atoms with van der Waals surface area (Å²) < 4.78 is 13.8. The largest absolute Gasteiger partial charge is 0.379 e. The molecule has 1 aliphatic carbocycles. The lowest BCUT2D eigenvalue weighted by Gasteiger charge is -2.28. The number of anilines is 1. The fourth-order valence-electron chi connectivity index (χ4n) is 3.97. The number of halogens is 2. The van der Waals surface area contributed by atoms with E-state index < -0.39 is 0 Å². The standard InChI is InChI=1S/C23H25BrFN5O/c1-13(14-4-6-15(25)7-5-14)28-23(31)21-20(29-17-10-8-16(26)9-11-17)19-18(22(24)30-21)3-2-12-27-19/h2-7,12-13,16-17,29H,8-11,26H2,1H3,(H,28,31)/t13-,16?,17?/m0/s1. The Balaban J connectivity index is 1.66. The van der Waals surface area contributed by atoms with Crippen LogP contribution in [0.1, 0.15) is 54.7 Å². The van der Waals surface area contributed by atoms with E-state index >= 15 is 0 Å². The molecule has 4 N–H and O–H groups in total. The highest BCUT2D eigenvalue weighted by Gasteiger charge is 2.25. The number of carbonyl (C=O) groups is 1. The summed E-state index contributed by atoms with van der Waals surface area (Å²) in [5, 5.41) is 7.34. The molecule has 4 rings (SSSR count). The number of rotatable bonds is 5. The number of carbonyl (C=O) groups excluding carboxylic acids is 1. The highest BCUT2D eigenvalue weighted by molar-refractivity contribution is 9.10. The van der Waals surface area contributed by atoms with Gasteiger partial charge in [-0.3, -0.25) is 9.78 Å². The van der Waals surface area contributed by atoms with E-state index in [-0.39, 0.29) is 35.5 Å². The van der Waals surface area contributed by atoms with Crippen molar-refractivity contribution in [1.29, 1.82) is 0 Å². The third kappa shape index (κ3) is 4.85. The van der Waals surface area contributed by atoms with E-state index in [0.29, 0.717) is 15.8 Å². The Morgan fingerprint density at radius 1 is 1.19 bits per heavy atom. The van der Waals surface area contributed by atoms with E-state index in [9.17, 15) is 9.18 Å². The number of hydrogen-bond donors (Lipinski definition) is 3. The predicted octanol–water partition coefficient (Wildman–Crippen LogP) is 4.70. The molecule has 0 spiro atoms. The molecule has 1 saturated carbocycles. The van der Waals surface area contributed by atoms with E-state index in [1.807, 2.05) is 19.1 Å². The van der Waals surface area contributed by atoms with Gasteiger partial charge in [0, 0.05) is 23.7 Å². The smallest absolute Gasteiger partial charge is 0.272 e. The van der Waals surface area contributed by atoms with Crippen LogP contribution in [0.15, 0.2) is 47.2 Å². The molecule has 1 aliphatic rings. The van der Waals surface area contributed by atoms with Gasteiger partial charge >= 0.3 is 0 Å². The Morgan fingerprint density at radius 3 is 2.61 bits per heavy atom. The van der Waals surface area contributed by atoms with E-state index in [1.54, 1.807) is 18.3 Å². The number of nitrogens with zero attached hydrogens (tertiary/aromatic N) is 2. The van der Waals surface area contributed by atoms with Gasteiger partial charge in [-0.1, -0.05) is 12.1 Å². The topological polar surface area (TPSA) is 92.9 Å². The van der Waals surface area contributed by atoms with Crippen molar-refractivity contribution in [2.45, 2.75) is 50.7 Å². The second-order valence-corrected chi connectivity index (χ2v) is 8.78. The third-order valence-corrected chi connectivity index (χ3v) is 6.37. The number of hydrogen-bond acceptors (Lipinski definition) is 5. The molecule has 0 aliphatic heterocycles. The van der Waals surface area contributed by atoms with Crippen molar-refractivity contribution in [1.82, 2.24) is 15.3 Å². The summed E-state index contributed by atoms with van der Waals surface area (Å²) in [5.41, 5.74) is 8.46. The molecule has 1 atom stereocenters. The Kier molecular flexibility index (Phi) is 6.48. The molecule has 1 fully saturated rings. The van der Waals surface area contributed by atoms with Crippen LogP contribution in [0.25, 0.3) is 10.9 Å². The highest BCUT2D eigenvalue weighted by Crippen LogP contribution is 2.32. The Labute approximate surface area is 189 Å². The number of aromatic nitrogens is 2. The Hall–Kier alpha value is -2.58. The highest BCUT2D eigenvalue weighted by atomic mass is 79.9. The minimum absolute atomic E-state index is 0.203. The van der Waals surface area contributed by atoms with Crippen molar-refractivity contribution in [3.05, 3.63) is 64.3 Å². The summed E-state index contributed by atoms with van der Waals surface area (Å²) in [6.07, 6.45) is 5.45. The van der Waals surface area contributed by atoms with Crippen molar-refractivity contribution in [3.8, 4) is 0 Å². The first-order valence-electron chi connectivity index (χ1n) is 10.4. The summed E-state index contributed by atoms with van der Waals surface area (Å²) in [6.45, 7) is 1.86. The van der Waals surface area contributed by atoms with Gasteiger partial charge in [0.1, 0.15) is 10.4 Å². The van der Waals surface area contributed by atoms with Crippen LogP contribution >= 0.6 is 15.9 Å². The fourth-order valence-corrected chi connectivity index (χ4v) is 4.46. The molecule has 0 radical (unpaired) electrons. The van der Waals surface area contributed by atoms with Crippen LogP contribution in [-0.4, -0.2) is 28.0 Å². The van der Waals surface area contributed by atoms with Crippen molar-refractivity contribution in [2.75, 3.05) is 5.32 Å². The first-order valence-corrected chi connectivity index (χ1v) is 11.2. The number of fused-ring (bicyclic) bond motifs is 1. The molecule has 6 nitrogen and oxygen atoms in total. The summed E-state index contributed by atoms with van der Waals surface area (Å²) in [5.74, 6) is -0.632. The average molecular weight is 486 g/mol. The van der Waals surface area contributed by atoms with Crippen LogP contribution in [0.5, 0.6) is 0 Å². The van der Waals surface area contributed by atoms with Crippen molar-refractivity contribution < 1.29 is 9.18 Å². The lowest BCUT2D eigenvalue weighted by Crippen LogP contribution is -2.34. The number of nitrogens with two attached hydrogens (primary N) is 1. The van der Waals surface area contributed by atoms with Crippen LogP contribution in [0.2, 0.25) is 0 Å². The van der Waals surface area contributed by atoms with E-state index in [0.717, 1.165) is 36.6 Å². The minimum atomic E-state index is -0.319. The zero-order valence-electron chi connectivity index (χ0n) is 17.2. The molecule has 162 valence electrons. The maximum absolute atomic E-state index is 13.2. The summed E-state index contributed by atoms with van der Waals surface area (Å²) in [7, 11) is 0. The molecule has 1 amide bonds. The minimum Gasteiger partial charge on any atom is -0.379 e. The maximum atomic E-state index is 13.2. The van der Waals surface area contributed by atoms with Crippen LogP contribution in [0.4, 0.5) is 10.1 Å². The SMILES string of the molecule is C[C@H](NC(=O)c1nc(Br)c2cccnc2c1NC1CCC(N)CC1)c1ccc(F)cc1. The number of pyridine rings is 2. The van der Waals surface area contributed by atoms with Gasteiger partial charge < -0.3 is 16.4 Å². The summed E-state index contributed by atoms with van der Waals surface area (Å²) >= 11 is 3.49.